The molecule has 1 atom stereocenters. The second kappa shape index (κ2) is 8.42. The number of rotatable bonds is 7. The van der Waals surface area contributed by atoms with Crippen molar-refractivity contribution < 1.29 is 19.0 Å². The van der Waals surface area contributed by atoms with Crippen LogP contribution >= 0.6 is 0 Å². The highest BCUT2D eigenvalue weighted by Crippen LogP contribution is 2.27. The monoisotopic (exact) mass is 343 g/mol. The lowest BCUT2D eigenvalue weighted by molar-refractivity contribution is -0.123. The minimum absolute atomic E-state index is 0.0778. The summed E-state index contributed by atoms with van der Waals surface area (Å²) in [4.78, 5) is 12.2. The van der Waals surface area contributed by atoms with Crippen LogP contribution in [0.2, 0.25) is 0 Å². The highest BCUT2D eigenvalue weighted by molar-refractivity contribution is 5.78. The fraction of sp³-hybridized carbons (Fsp3) is 0.350. The van der Waals surface area contributed by atoms with Gasteiger partial charge in [0.1, 0.15) is 17.2 Å². The Balaban J connectivity index is 1.96. The van der Waals surface area contributed by atoms with Crippen LogP contribution in [0.5, 0.6) is 17.2 Å². The van der Waals surface area contributed by atoms with Gasteiger partial charge in [-0.15, -0.1) is 0 Å². The van der Waals surface area contributed by atoms with Gasteiger partial charge in [-0.3, -0.25) is 4.79 Å². The van der Waals surface area contributed by atoms with E-state index in [0.717, 1.165) is 11.1 Å². The molecule has 5 nitrogen and oxygen atoms in total. The van der Waals surface area contributed by atoms with Gasteiger partial charge in [-0.25, -0.2) is 0 Å². The maximum absolute atomic E-state index is 12.2. The van der Waals surface area contributed by atoms with Crippen LogP contribution in [0.3, 0.4) is 0 Å². The molecule has 0 aliphatic heterocycles. The van der Waals surface area contributed by atoms with Crippen molar-refractivity contribution >= 4 is 5.91 Å². The van der Waals surface area contributed by atoms with Crippen LogP contribution in [0.4, 0.5) is 0 Å². The largest absolute Gasteiger partial charge is 0.496 e. The topological polar surface area (TPSA) is 56.8 Å². The molecule has 5 heteroatoms. The number of methoxy groups -OCH3 is 2. The molecule has 0 saturated carbocycles. The van der Waals surface area contributed by atoms with E-state index in [1.165, 1.54) is 5.56 Å². The summed E-state index contributed by atoms with van der Waals surface area (Å²) < 4.78 is 15.9. The standard InChI is InChI=1S/C20H25NO4/c1-13-6-7-19(14(2)8-13)15(3)21-20(22)12-25-18-10-16(23-4)9-17(11-18)24-5/h6-11,15H,12H2,1-5H3,(H,21,22)/t15-/m0/s1. The van der Waals surface area contributed by atoms with Crippen molar-refractivity contribution in [2.24, 2.45) is 0 Å². The second-order valence-corrected chi connectivity index (χ2v) is 5.99. The SMILES string of the molecule is COc1cc(OC)cc(OCC(=O)N[C@@H](C)c2ccc(C)cc2C)c1. The maximum atomic E-state index is 12.2. The molecule has 2 aromatic rings. The van der Waals surface area contributed by atoms with Crippen LogP contribution in [-0.4, -0.2) is 26.7 Å². The second-order valence-electron chi connectivity index (χ2n) is 5.99. The first-order chi connectivity index (χ1) is 11.9. The Hall–Kier alpha value is -2.69. The van der Waals surface area contributed by atoms with E-state index < -0.39 is 0 Å². The number of benzene rings is 2. The van der Waals surface area contributed by atoms with E-state index in [2.05, 4.69) is 18.3 Å². The Morgan fingerprint density at radius 1 is 1.00 bits per heavy atom. The first kappa shape index (κ1) is 18.6. The number of carbonyl (C=O) groups is 1. The molecule has 0 bridgehead atoms. The number of carbonyl (C=O) groups excluding carboxylic acids is 1. The summed E-state index contributed by atoms with van der Waals surface area (Å²) in [7, 11) is 3.13. The Labute approximate surface area is 148 Å². The lowest BCUT2D eigenvalue weighted by Crippen LogP contribution is -2.31. The van der Waals surface area contributed by atoms with E-state index in [1.807, 2.05) is 26.0 Å². The van der Waals surface area contributed by atoms with Gasteiger partial charge in [0.2, 0.25) is 0 Å². The molecule has 0 radical (unpaired) electrons. The predicted molar refractivity (Wildman–Crippen MR) is 97.5 cm³/mol. The quantitative estimate of drug-likeness (QED) is 0.835. The van der Waals surface area contributed by atoms with Gasteiger partial charge in [-0.2, -0.15) is 0 Å². The van der Waals surface area contributed by atoms with Gasteiger partial charge in [0.05, 0.1) is 20.3 Å². The number of aryl methyl sites for hydroxylation is 2. The zero-order valence-electron chi connectivity index (χ0n) is 15.4. The average Bonchev–Trinajstić information content (AvgIpc) is 2.59. The number of amides is 1. The zero-order valence-corrected chi connectivity index (χ0v) is 15.4. The molecule has 25 heavy (non-hydrogen) atoms. The molecular formula is C20H25NO4. The van der Waals surface area contributed by atoms with E-state index in [9.17, 15) is 4.79 Å². The van der Waals surface area contributed by atoms with Gasteiger partial charge in [0, 0.05) is 18.2 Å². The van der Waals surface area contributed by atoms with E-state index in [-0.39, 0.29) is 18.6 Å². The maximum Gasteiger partial charge on any atom is 0.258 e. The number of nitrogens with one attached hydrogen (secondary N) is 1. The van der Waals surface area contributed by atoms with Crippen molar-refractivity contribution in [2.75, 3.05) is 20.8 Å². The molecule has 0 fully saturated rings. The smallest absolute Gasteiger partial charge is 0.258 e. The normalized spacial score (nSPS) is 11.6. The lowest BCUT2D eigenvalue weighted by Gasteiger charge is -2.17. The number of hydrogen-bond donors (Lipinski definition) is 1. The summed E-state index contributed by atoms with van der Waals surface area (Å²) in [6.45, 7) is 5.98. The Kier molecular flexibility index (Phi) is 6.28. The average molecular weight is 343 g/mol. The third-order valence-corrected chi connectivity index (χ3v) is 3.96. The fourth-order valence-electron chi connectivity index (χ4n) is 2.69. The Bertz CT molecular complexity index is 720. The number of hydrogen-bond acceptors (Lipinski definition) is 4. The third-order valence-electron chi connectivity index (χ3n) is 3.96. The van der Waals surface area contributed by atoms with Crippen molar-refractivity contribution in [1.29, 1.82) is 0 Å². The molecule has 0 saturated heterocycles. The van der Waals surface area contributed by atoms with E-state index in [1.54, 1.807) is 32.4 Å². The van der Waals surface area contributed by atoms with Gasteiger partial charge in [0.25, 0.3) is 5.91 Å². The molecule has 0 spiro atoms. The molecule has 1 N–H and O–H groups in total. The van der Waals surface area contributed by atoms with E-state index in [0.29, 0.717) is 17.2 Å². The zero-order chi connectivity index (χ0) is 18.4. The minimum Gasteiger partial charge on any atom is -0.496 e. The van der Waals surface area contributed by atoms with Crippen molar-refractivity contribution in [1.82, 2.24) is 5.32 Å². The molecular weight excluding hydrogens is 318 g/mol. The van der Waals surface area contributed by atoms with Crippen molar-refractivity contribution in [3.63, 3.8) is 0 Å². The summed E-state index contributed by atoms with van der Waals surface area (Å²) in [6.07, 6.45) is 0. The van der Waals surface area contributed by atoms with Crippen molar-refractivity contribution in [3.8, 4) is 17.2 Å². The first-order valence-corrected chi connectivity index (χ1v) is 8.15. The Morgan fingerprint density at radius 3 is 2.16 bits per heavy atom. The van der Waals surface area contributed by atoms with Gasteiger partial charge in [0.15, 0.2) is 6.61 Å². The highest BCUT2D eigenvalue weighted by atomic mass is 16.5. The summed E-state index contributed by atoms with van der Waals surface area (Å²) in [5.74, 6) is 1.55. The van der Waals surface area contributed by atoms with Crippen LogP contribution < -0.4 is 19.5 Å². The van der Waals surface area contributed by atoms with Crippen molar-refractivity contribution in [2.45, 2.75) is 26.8 Å². The van der Waals surface area contributed by atoms with E-state index in [4.69, 9.17) is 14.2 Å². The highest BCUT2D eigenvalue weighted by Gasteiger charge is 2.13. The van der Waals surface area contributed by atoms with Crippen LogP contribution in [-0.2, 0) is 4.79 Å². The molecule has 134 valence electrons. The van der Waals surface area contributed by atoms with Crippen LogP contribution in [0, 0.1) is 13.8 Å². The summed E-state index contributed by atoms with van der Waals surface area (Å²) in [5.41, 5.74) is 3.46. The molecule has 2 aromatic carbocycles. The van der Waals surface area contributed by atoms with E-state index >= 15 is 0 Å². The van der Waals surface area contributed by atoms with Crippen LogP contribution in [0.1, 0.15) is 29.7 Å². The molecule has 0 aromatic heterocycles. The molecule has 0 aliphatic carbocycles. The minimum atomic E-state index is -0.186. The molecule has 1 amide bonds. The molecule has 0 unspecified atom stereocenters. The summed E-state index contributed by atoms with van der Waals surface area (Å²) in [6, 6.07) is 11.3. The van der Waals surface area contributed by atoms with Crippen LogP contribution in [0.15, 0.2) is 36.4 Å². The molecule has 0 aliphatic rings. The van der Waals surface area contributed by atoms with Crippen LogP contribution in [0.25, 0.3) is 0 Å². The Morgan fingerprint density at radius 2 is 1.60 bits per heavy atom. The number of ether oxygens (including phenoxy) is 3. The predicted octanol–water partition coefficient (Wildman–Crippen LogP) is 3.58. The first-order valence-electron chi connectivity index (χ1n) is 8.15. The summed E-state index contributed by atoms with van der Waals surface area (Å²) in [5, 5.41) is 2.96. The summed E-state index contributed by atoms with van der Waals surface area (Å²) >= 11 is 0. The fourth-order valence-corrected chi connectivity index (χ4v) is 2.69. The van der Waals surface area contributed by atoms with Gasteiger partial charge in [-0.1, -0.05) is 23.8 Å². The molecule has 2 rings (SSSR count). The third kappa shape index (κ3) is 5.14. The lowest BCUT2D eigenvalue weighted by atomic mass is 10.0. The van der Waals surface area contributed by atoms with Gasteiger partial charge in [-0.05, 0) is 31.9 Å². The molecule has 0 heterocycles. The van der Waals surface area contributed by atoms with Gasteiger partial charge < -0.3 is 19.5 Å². The van der Waals surface area contributed by atoms with Gasteiger partial charge >= 0.3 is 0 Å². The van der Waals surface area contributed by atoms with Crippen molar-refractivity contribution in [3.05, 3.63) is 53.1 Å².